The first-order valence-corrected chi connectivity index (χ1v) is 10.7. The van der Waals surface area contributed by atoms with Crippen molar-refractivity contribution in [1.29, 1.82) is 0 Å². The Labute approximate surface area is 179 Å². The number of hydrogen-bond acceptors (Lipinski definition) is 8. The molecule has 3 aromatic heterocycles. The van der Waals surface area contributed by atoms with E-state index in [-0.39, 0.29) is 5.75 Å². The SMILES string of the molecule is CC1=CC(=O)N(N(c2ccc(-c3cccc(O)c3)s2)c2ncnc3sccc23)C1=O. The van der Waals surface area contributed by atoms with E-state index in [1.807, 2.05) is 29.6 Å². The van der Waals surface area contributed by atoms with Crippen LogP contribution in [0.4, 0.5) is 10.8 Å². The maximum absolute atomic E-state index is 12.8. The van der Waals surface area contributed by atoms with E-state index in [1.54, 1.807) is 30.1 Å². The number of imide groups is 1. The number of aromatic hydroxyl groups is 1. The van der Waals surface area contributed by atoms with Gasteiger partial charge in [0.1, 0.15) is 21.9 Å². The molecule has 148 valence electrons. The summed E-state index contributed by atoms with van der Waals surface area (Å²) in [5.74, 6) is -0.198. The van der Waals surface area contributed by atoms with Gasteiger partial charge in [0.25, 0.3) is 11.8 Å². The van der Waals surface area contributed by atoms with Crippen LogP contribution in [0.3, 0.4) is 0 Å². The molecule has 1 aromatic carbocycles. The quantitative estimate of drug-likeness (QED) is 0.476. The van der Waals surface area contributed by atoms with E-state index in [9.17, 15) is 14.7 Å². The number of nitrogens with zero attached hydrogens (tertiary/aromatic N) is 4. The van der Waals surface area contributed by atoms with Crippen molar-refractivity contribution >= 4 is 55.5 Å². The molecular formula is C21H14N4O3S2. The normalized spacial score (nSPS) is 13.9. The van der Waals surface area contributed by atoms with Crippen LogP contribution in [-0.2, 0) is 9.59 Å². The lowest BCUT2D eigenvalue weighted by Gasteiger charge is -2.30. The molecule has 2 amide bonds. The van der Waals surface area contributed by atoms with Gasteiger partial charge in [0.15, 0.2) is 5.82 Å². The zero-order valence-electron chi connectivity index (χ0n) is 15.6. The molecule has 0 aliphatic carbocycles. The van der Waals surface area contributed by atoms with Gasteiger partial charge in [-0.25, -0.2) is 15.0 Å². The summed E-state index contributed by atoms with van der Waals surface area (Å²) in [6.07, 6.45) is 2.75. The van der Waals surface area contributed by atoms with Gasteiger partial charge >= 0.3 is 0 Å². The molecule has 9 heteroatoms. The van der Waals surface area contributed by atoms with Crippen molar-refractivity contribution in [2.24, 2.45) is 0 Å². The van der Waals surface area contributed by atoms with Gasteiger partial charge in [0, 0.05) is 16.5 Å². The van der Waals surface area contributed by atoms with Gasteiger partial charge in [0.05, 0.1) is 5.39 Å². The molecule has 4 aromatic rings. The fourth-order valence-electron chi connectivity index (χ4n) is 3.26. The summed E-state index contributed by atoms with van der Waals surface area (Å²) in [5.41, 5.74) is 1.20. The molecule has 4 heterocycles. The number of rotatable bonds is 4. The van der Waals surface area contributed by atoms with Gasteiger partial charge in [-0.15, -0.1) is 22.7 Å². The van der Waals surface area contributed by atoms with Gasteiger partial charge in [-0.1, -0.05) is 12.1 Å². The molecule has 1 aliphatic rings. The molecule has 1 N–H and O–H groups in total. The minimum absolute atomic E-state index is 0.166. The topological polar surface area (TPSA) is 86.6 Å². The number of fused-ring (bicyclic) bond motifs is 1. The van der Waals surface area contributed by atoms with Crippen LogP contribution in [0.5, 0.6) is 5.75 Å². The van der Waals surface area contributed by atoms with E-state index in [0.29, 0.717) is 16.4 Å². The maximum Gasteiger partial charge on any atom is 0.276 e. The largest absolute Gasteiger partial charge is 0.508 e. The summed E-state index contributed by atoms with van der Waals surface area (Å²) in [6.45, 7) is 1.62. The van der Waals surface area contributed by atoms with Crippen molar-refractivity contribution in [2.75, 3.05) is 5.01 Å². The van der Waals surface area contributed by atoms with Gasteiger partial charge in [-0.3, -0.25) is 9.59 Å². The minimum atomic E-state index is -0.424. The summed E-state index contributed by atoms with van der Waals surface area (Å²) in [6, 6.07) is 12.5. The number of hydrogen-bond donors (Lipinski definition) is 1. The molecule has 5 rings (SSSR count). The molecule has 0 unspecified atom stereocenters. The predicted octanol–water partition coefficient (Wildman–Crippen LogP) is 4.49. The van der Waals surface area contributed by atoms with Crippen LogP contribution in [0.15, 0.2) is 65.8 Å². The lowest BCUT2D eigenvalue weighted by Crippen LogP contribution is -2.44. The van der Waals surface area contributed by atoms with Crippen molar-refractivity contribution in [3.8, 4) is 16.2 Å². The predicted molar refractivity (Wildman–Crippen MR) is 117 cm³/mol. The molecule has 0 atom stereocenters. The molecule has 7 nitrogen and oxygen atoms in total. The summed E-state index contributed by atoms with van der Waals surface area (Å²) >= 11 is 2.85. The van der Waals surface area contributed by atoms with E-state index < -0.39 is 11.8 Å². The number of hydrazine groups is 1. The van der Waals surface area contributed by atoms with E-state index in [2.05, 4.69) is 9.97 Å². The second-order valence-electron chi connectivity index (χ2n) is 6.62. The lowest BCUT2D eigenvalue weighted by atomic mass is 10.2. The van der Waals surface area contributed by atoms with Gasteiger partial charge < -0.3 is 5.11 Å². The summed E-state index contributed by atoms with van der Waals surface area (Å²) < 4.78 is 0. The minimum Gasteiger partial charge on any atom is -0.508 e. The Morgan fingerprint density at radius 3 is 2.73 bits per heavy atom. The second kappa shape index (κ2) is 7.05. The van der Waals surface area contributed by atoms with Crippen LogP contribution in [-0.4, -0.2) is 31.9 Å². The van der Waals surface area contributed by atoms with Crippen LogP contribution in [0, 0.1) is 0 Å². The highest BCUT2D eigenvalue weighted by atomic mass is 32.1. The third-order valence-corrected chi connectivity index (χ3v) is 6.58. The zero-order valence-corrected chi connectivity index (χ0v) is 17.3. The van der Waals surface area contributed by atoms with Crippen molar-refractivity contribution in [3.63, 3.8) is 0 Å². The monoisotopic (exact) mass is 434 g/mol. The van der Waals surface area contributed by atoms with E-state index in [1.165, 1.54) is 35.1 Å². The molecule has 30 heavy (non-hydrogen) atoms. The van der Waals surface area contributed by atoms with E-state index in [0.717, 1.165) is 25.7 Å². The highest BCUT2D eigenvalue weighted by Gasteiger charge is 2.37. The fourth-order valence-corrected chi connectivity index (χ4v) is 4.99. The number of carbonyl (C=O) groups excluding carboxylic acids is 2. The van der Waals surface area contributed by atoms with Gasteiger partial charge in [-0.05, 0) is 48.2 Å². The van der Waals surface area contributed by atoms with E-state index in [4.69, 9.17) is 0 Å². The Morgan fingerprint density at radius 2 is 1.97 bits per heavy atom. The Bertz CT molecular complexity index is 1340. The first-order chi connectivity index (χ1) is 14.5. The van der Waals surface area contributed by atoms with Crippen molar-refractivity contribution in [3.05, 3.63) is 65.8 Å². The average molecular weight is 435 g/mol. The van der Waals surface area contributed by atoms with Crippen LogP contribution in [0.2, 0.25) is 0 Å². The van der Waals surface area contributed by atoms with Crippen molar-refractivity contribution in [1.82, 2.24) is 15.0 Å². The number of thiophene rings is 2. The lowest BCUT2D eigenvalue weighted by molar-refractivity contribution is -0.137. The van der Waals surface area contributed by atoms with Crippen LogP contribution in [0.25, 0.3) is 20.7 Å². The van der Waals surface area contributed by atoms with Crippen LogP contribution in [0.1, 0.15) is 6.92 Å². The number of aromatic nitrogens is 2. The number of benzene rings is 1. The molecule has 0 saturated carbocycles. The third kappa shape index (κ3) is 2.95. The van der Waals surface area contributed by atoms with E-state index >= 15 is 0 Å². The van der Waals surface area contributed by atoms with Gasteiger partial charge in [-0.2, -0.15) is 5.01 Å². The summed E-state index contributed by atoms with van der Waals surface area (Å²) in [5, 5.41) is 15.7. The molecule has 1 aliphatic heterocycles. The second-order valence-corrected chi connectivity index (χ2v) is 8.58. The molecule has 0 saturated heterocycles. The average Bonchev–Trinajstić information content (AvgIpc) is 3.45. The number of anilines is 2. The fraction of sp³-hybridized carbons (Fsp3) is 0.0476. The first-order valence-electron chi connectivity index (χ1n) is 8.97. The summed E-state index contributed by atoms with van der Waals surface area (Å²) in [4.78, 5) is 35.8. The molecule has 0 radical (unpaired) electrons. The number of carbonyl (C=O) groups is 2. The summed E-state index contributed by atoms with van der Waals surface area (Å²) in [7, 11) is 0. The van der Waals surface area contributed by atoms with Crippen LogP contribution >= 0.6 is 22.7 Å². The molecule has 0 fully saturated rings. The Kier molecular flexibility index (Phi) is 4.34. The number of phenolic OH excluding ortho intramolecular Hbond substituents is 1. The van der Waals surface area contributed by atoms with Crippen molar-refractivity contribution in [2.45, 2.75) is 6.92 Å². The highest BCUT2D eigenvalue weighted by Crippen LogP contribution is 2.41. The van der Waals surface area contributed by atoms with Crippen LogP contribution < -0.4 is 5.01 Å². The molecule has 0 bridgehead atoms. The first kappa shape index (κ1) is 18.5. The van der Waals surface area contributed by atoms with Gasteiger partial charge in [0.2, 0.25) is 0 Å². The molecular weight excluding hydrogens is 420 g/mol. The third-order valence-electron chi connectivity index (χ3n) is 4.65. The maximum atomic E-state index is 12.8. The van der Waals surface area contributed by atoms with Crippen molar-refractivity contribution < 1.29 is 14.7 Å². The standard InChI is InChI=1S/C21H14N4O3S2/c1-12-9-17(27)24(21(12)28)25(19-15-7-8-29-20(15)23-11-22-19)18-6-5-16(30-18)13-3-2-4-14(26)10-13/h2-11,26H,1H3. The Balaban J connectivity index is 1.67. The highest BCUT2D eigenvalue weighted by molar-refractivity contribution is 7.19. The smallest absolute Gasteiger partial charge is 0.276 e. The number of phenols is 1. The Hall–Kier alpha value is -3.56. The number of amides is 2. The zero-order chi connectivity index (χ0) is 20.8. The Morgan fingerprint density at radius 1 is 1.10 bits per heavy atom. The molecule has 0 spiro atoms.